The Bertz CT molecular complexity index is 788. The first-order chi connectivity index (χ1) is 12.0. The summed E-state index contributed by atoms with van der Waals surface area (Å²) in [6.45, 7) is 3.18. The summed E-state index contributed by atoms with van der Waals surface area (Å²) in [6.07, 6.45) is 2.55. The highest BCUT2D eigenvalue weighted by molar-refractivity contribution is 5.92. The van der Waals surface area contributed by atoms with Gasteiger partial charge in [0.2, 0.25) is 5.76 Å². The quantitative estimate of drug-likeness (QED) is 0.845. The minimum absolute atomic E-state index is 0.00828. The van der Waals surface area contributed by atoms with Gasteiger partial charge in [0.25, 0.3) is 11.8 Å². The molecule has 0 bridgehead atoms. The lowest BCUT2D eigenvalue weighted by Gasteiger charge is -2.52. The first kappa shape index (κ1) is 16.0. The van der Waals surface area contributed by atoms with E-state index in [0.717, 1.165) is 0 Å². The van der Waals surface area contributed by atoms with Gasteiger partial charge >= 0.3 is 0 Å². The lowest BCUT2D eigenvalue weighted by molar-refractivity contribution is -0.174. The van der Waals surface area contributed by atoms with E-state index < -0.39 is 11.4 Å². The van der Waals surface area contributed by atoms with Crippen molar-refractivity contribution in [3.05, 3.63) is 41.7 Å². The third-order valence-electron chi connectivity index (χ3n) is 4.53. The summed E-state index contributed by atoms with van der Waals surface area (Å²) in [4.78, 5) is 17.9. The van der Waals surface area contributed by atoms with Crippen LogP contribution >= 0.6 is 0 Å². The molecule has 2 saturated heterocycles. The highest BCUT2D eigenvalue weighted by Gasteiger charge is 2.50. The molecule has 8 heteroatoms. The number of halogens is 1. The monoisotopic (exact) mass is 347 g/mol. The molecule has 4 heterocycles. The summed E-state index contributed by atoms with van der Waals surface area (Å²) in [5, 5.41) is 3.73. The topological polar surface area (TPSA) is 77.7 Å². The van der Waals surface area contributed by atoms with Crippen molar-refractivity contribution < 1.29 is 23.2 Å². The van der Waals surface area contributed by atoms with Gasteiger partial charge in [0.1, 0.15) is 11.7 Å². The number of carbonyl (C=O) groups excluding carboxylic acids is 1. The molecule has 25 heavy (non-hydrogen) atoms. The number of likely N-dealkylation sites (tertiary alicyclic amines) is 1. The number of amides is 1. The van der Waals surface area contributed by atoms with Gasteiger partial charge in [-0.2, -0.15) is 0 Å². The van der Waals surface area contributed by atoms with E-state index in [1.165, 1.54) is 18.3 Å². The number of pyridine rings is 1. The van der Waals surface area contributed by atoms with Crippen molar-refractivity contribution in [3.63, 3.8) is 0 Å². The molecular formula is C17H18FN3O4. The molecule has 132 valence electrons. The number of ether oxygens (including phenoxy) is 2. The van der Waals surface area contributed by atoms with Gasteiger partial charge in [0.15, 0.2) is 5.82 Å². The smallest absolute Gasteiger partial charge is 0.292 e. The summed E-state index contributed by atoms with van der Waals surface area (Å²) in [5.41, 5.74) is 0.220. The van der Waals surface area contributed by atoms with Crippen LogP contribution < -0.4 is 4.74 Å². The van der Waals surface area contributed by atoms with Gasteiger partial charge in [0, 0.05) is 25.1 Å². The number of aromatic nitrogens is 2. The van der Waals surface area contributed by atoms with Crippen LogP contribution in [0.3, 0.4) is 0 Å². The molecule has 0 aliphatic carbocycles. The molecule has 2 aromatic heterocycles. The molecule has 1 amide bonds. The number of carbonyl (C=O) groups is 1. The molecule has 2 aliphatic rings. The second-order valence-corrected chi connectivity index (χ2v) is 6.55. The van der Waals surface area contributed by atoms with E-state index >= 15 is 0 Å². The van der Waals surface area contributed by atoms with Crippen molar-refractivity contribution in [1.29, 1.82) is 0 Å². The number of nitrogens with zero attached hydrogens (tertiary/aromatic N) is 3. The highest BCUT2D eigenvalue weighted by Crippen LogP contribution is 2.36. The molecule has 0 unspecified atom stereocenters. The third kappa shape index (κ3) is 3.09. The molecule has 2 aromatic rings. The van der Waals surface area contributed by atoms with Crippen LogP contribution in [-0.2, 0) is 4.74 Å². The van der Waals surface area contributed by atoms with E-state index in [0.29, 0.717) is 38.2 Å². The molecule has 1 atom stereocenters. The van der Waals surface area contributed by atoms with E-state index in [1.807, 2.05) is 0 Å². The van der Waals surface area contributed by atoms with Gasteiger partial charge < -0.3 is 18.9 Å². The maximum Gasteiger partial charge on any atom is 0.292 e. The normalized spacial score (nSPS) is 21.8. The average Bonchev–Trinajstić information content (AvgIpc) is 3.01. The predicted octanol–water partition coefficient (Wildman–Crippen LogP) is 1.97. The molecule has 1 spiro atoms. The third-order valence-corrected chi connectivity index (χ3v) is 4.53. The van der Waals surface area contributed by atoms with Crippen molar-refractivity contribution in [2.24, 2.45) is 0 Å². The highest BCUT2D eigenvalue weighted by atomic mass is 19.1. The van der Waals surface area contributed by atoms with Crippen LogP contribution in [-0.4, -0.2) is 52.3 Å². The lowest BCUT2D eigenvalue weighted by Crippen LogP contribution is -2.67. The van der Waals surface area contributed by atoms with E-state index in [4.69, 9.17) is 14.0 Å². The summed E-state index contributed by atoms with van der Waals surface area (Å²) in [5.74, 6) is -0.441. The van der Waals surface area contributed by atoms with Crippen molar-refractivity contribution in [2.75, 3.05) is 19.7 Å². The average molecular weight is 347 g/mol. The summed E-state index contributed by atoms with van der Waals surface area (Å²) < 4.78 is 30.3. The Balaban J connectivity index is 1.38. The van der Waals surface area contributed by atoms with Crippen LogP contribution in [0.1, 0.15) is 29.1 Å². The second kappa shape index (κ2) is 6.11. The Morgan fingerprint density at radius 1 is 1.48 bits per heavy atom. The van der Waals surface area contributed by atoms with E-state index in [2.05, 4.69) is 10.1 Å². The van der Waals surface area contributed by atoms with Gasteiger partial charge in [-0.1, -0.05) is 5.16 Å². The van der Waals surface area contributed by atoms with Crippen LogP contribution in [0.2, 0.25) is 0 Å². The second-order valence-electron chi connectivity index (χ2n) is 6.55. The summed E-state index contributed by atoms with van der Waals surface area (Å²) in [7, 11) is 0. The molecule has 0 N–H and O–H groups in total. The van der Waals surface area contributed by atoms with E-state index in [1.54, 1.807) is 17.9 Å². The van der Waals surface area contributed by atoms with E-state index in [-0.39, 0.29) is 23.7 Å². The van der Waals surface area contributed by atoms with Crippen molar-refractivity contribution in [2.45, 2.75) is 31.5 Å². The van der Waals surface area contributed by atoms with Crippen molar-refractivity contribution in [3.8, 4) is 5.88 Å². The van der Waals surface area contributed by atoms with E-state index in [9.17, 15) is 9.18 Å². The Kier molecular flexibility index (Phi) is 3.91. The summed E-state index contributed by atoms with van der Waals surface area (Å²) in [6, 6.07) is 4.46. The summed E-state index contributed by atoms with van der Waals surface area (Å²) >= 11 is 0. The first-order valence-electron chi connectivity index (χ1n) is 8.18. The SMILES string of the molecule is Cc1cc(C(=O)N2CC3(C[C@@H](Oc4ncccc4F)CCO3)C2)on1. The minimum atomic E-state index is -0.478. The van der Waals surface area contributed by atoms with Crippen LogP contribution in [0.4, 0.5) is 4.39 Å². The Morgan fingerprint density at radius 3 is 3.04 bits per heavy atom. The molecular weight excluding hydrogens is 329 g/mol. The number of rotatable bonds is 3. The Hall–Kier alpha value is -2.48. The molecule has 2 fully saturated rings. The largest absolute Gasteiger partial charge is 0.472 e. The van der Waals surface area contributed by atoms with Crippen LogP contribution in [0, 0.1) is 12.7 Å². The molecule has 4 rings (SSSR count). The maximum atomic E-state index is 13.7. The van der Waals surface area contributed by atoms with Gasteiger partial charge in [-0.05, 0) is 19.1 Å². The zero-order valence-electron chi connectivity index (χ0n) is 13.8. The molecule has 0 aromatic carbocycles. The van der Waals surface area contributed by atoms with Gasteiger partial charge in [-0.15, -0.1) is 0 Å². The Labute approximate surface area is 143 Å². The lowest BCUT2D eigenvalue weighted by atomic mass is 9.84. The number of hydrogen-bond acceptors (Lipinski definition) is 6. The van der Waals surface area contributed by atoms with Gasteiger partial charge in [-0.25, -0.2) is 9.37 Å². The van der Waals surface area contributed by atoms with Crippen LogP contribution in [0.25, 0.3) is 0 Å². The van der Waals surface area contributed by atoms with Crippen LogP contribution in [0.5, 0.6) is 5.88 Å². The standard InChI is InChI=1S/C17H18FN3O4/c1-11-7-14(25-20-11)16(22)21-9-17(10-21)8-12(4-6-23-17)24-15-13(18)3-2-5-19-15/h2-3,5,7,12H,4,6,8-10H2,1H3/t12-/m0/s1. The fraction of sp³-hybridized carbons (Fsp3) is 0.471. The molecule has 0 radical (unpaired) electrons. The number of hydrogen-bond donors (Lipinski definition) is 0. The maximum absolute atomic E-state index is 13.7. The van der Waals surface area contributed by atoms with Gasteiger partial charge in [-0.3, -0.25) is 4.79 Å². The molecule has 7 nitrogen and oxygen atoms in total. The van der Waals surface area contributed by atoms with Gasteiger partial charge in [0.05, 0.1) is 25.4 Å². The Morgan fingerprint density at radius 2 is 2.32 bits per heavy atom. The molecule has 0 saturated carbocycles. The number of aryl methyl sites for hydroxylation is 1. The van der Waals surface area contributed by atoms with Crippen molar-refractivity contribution >= 4 is 5.91 Å². The fourth-order valence-electron chi connectivity index (χ4n) is 3.33. The minimum Gasteiger partial charge on any atom is -0.472 e. The zero-order valence-corrected chi connectivity index (χ0v) is 13.8. The van der Waals surface area contributed by atoms with Crippen molar-refractivity contribution in [1.82, 2.24) is 15.0 Å². The first-order valence-corrected chi connectivity index (χ1v) is 8.18. The predicted molar refractivity (Wildman–Crippen MR) is 83.7 cm³/mol. The fourth-order valence-corrected chi connectivity index (χ4v) is 3.33. The molecule has 2 aliphatic heterocycles. The zero-order chi connectivity index (χ0) is 17.4. The van der Waals surface area contributed by atoms with Crippen LogP contribution in [0.15, 0.2) is 28.9 Å².